The number of rotatable bonds is 9. The zero-order chi connectivity index (χ0) is 9.07. The van der Waals surface area contributed by atoms with Crippen LogP contribution >= 0.6 is 30.9 Å². The lowest BCUT2D eigenvalue weighted by Crippen LogP contribution is -1.76. The maximum absolute atomic E-state index is 2.27. The van der Waals surface area contributed by atoms with Crippen LogP contribution in [0.3, 0.4) is 0 Å². The summed E-state index contributed by atoms with van der Waals surface area (Å²) in [5.41, 5.74) is 1.38. The van der Waals surface area contributed by atoms with Gasteiger partial charge in [-0.2, -0.15) is 11.8 Å². The minimum absolute atomic E-state index is 1.13. The number of thioether (sulfide) groups is 1. The summed E-state index contributed by atoms with van der Waals surface area (Å²) in [7, 11) is 1.13. The summed E-state index contributed by atoms with van der Waals surface area (Å²) >= 11 is 4.26. The molecule has 0 aliphatic carbocycles. The molecule has 0 bridgehead atoms. The van der Waals surface area contributed by atoms with Crippen LogP contribution in [0.25, 0.3) is 0 Å². The Morgan fingerprint density at radius 2 is 1.83 bits per heavy atom. The van der Waals surface area contributed by atoms with E-state index in [1.54, 1.807) is 0 Å². The molecule has 0 saturated carbocycles. The molecule has 0 heterocycles. The lowest BCUT2D eigenvalue weighted by Gasteiger charge is -2.00. The van der Waals surface area contributed by atoms with Gasteiger partial charge >= 0.3 is 0 Å². The Labute approximate surface area is 87.6 Å². The van der Waals surface area contributed by atoms with Crippen LogP contribution in [-0.4, -0.2) is 17.0 Å². The van der Waals surface area contributed by atoms with E-state index in [1.807, 2.05) is 0 Å². The Morgan fingerprint density at radius 3 is 2.50 bits per heavy atom. The van der Waals surface area contributed by atoms with Crippen LogP contribution in [0.1, 0.15) is 39.5 Å². The van der Waals surface area contributed by atoms with Crippen molar-refractivity contribution in [3.63, 3.8) is 0 Å². The summed E-state index contributed by atoms with van der Waals surface area (Å²) in [6, 6.07) is 0. The van der Waals surface area contributed by atoms with Gasteiger partial charge in [0.2, 0.25) is 0 Å². The van der Waals surface area contributed by atoms with Crippen LogP contribution < -0.4 is 0 Å². The molecule has 0 radical (unpaired) electrons. The standard InChI is InChI=1S/C9H21PS2/c1-3-5-6-8-12-10-9-11-7-4-2/h10H,3-9H2,1-2H3. The molecule has 0 spiro atoms. The second-order valence-electron chi connectivity index (χ2n) is 2.75. The van der Waals surface area contributed by atoms with Gasteiger partial charge in [-0.05, 0) is 24.3 Å². The molecule has 0 rings (SSSR count). The smallest absolute Gasteiger partial charge is 0.0201 e. The van der Waals surface area contributed by atoms with E-state index in [2.05, 4.69) is 37.0 Å². The predicted octanol–water partition coefficient (Wildman–Crippen LogP) is 4.60. The van der Waals surface area contributed by atoms with E-state index in [9.17, 15) is 0 Å². The van der Waals surface area contributed by atoms with Gasteiger partial charge in [-0.1, -0.05) is 34.5 Å². The molecule has 3 heteroatoms. The van der Waals surface area contributed by atoms with E-state index in [0.717, 1.165) is 7.78 Å². The lowest BCUT2D eigenvalue weighted by atomic mass is 10.3. The van der Waals surface area contributed by atoms with E-state index < -0.39 is 0 Å². The normalized spacial score (nSPS) is 11.5. The van der Waals surface area contributed by atoms with Crippen LogP contribution in [-0.2, 0) is 0 Å². The van der Waals surface area contributed by atoms with E-state index in [0.29, 0.717) is 0 Å². The van der Waals surface area contributed by atoms with Crippen LogP contribution in [0.15, 0.2) is 0 Å². The van der Waals surface area contributed by atoms with Crippen LogP contribution in [0.4, 0.5) is 0 Å². The molecule has 0 amide bonds. The fourth-order valence-electron chi connectivity index (χ4n) is 0.796. The molecular formula is C9H21PS2. The SMILES string of the molecule is CCCCCSPCSCCC. The van der Waals surface area contributed by atoms with Crippen LogP contribution in [0.5, 0.6) is 0 Å². The van der Waals surface area contributed by atoms with E-state index in [1.165, 1.54) is 42.7 Å². The van der Waals surface area contributed by atoms with Gasteiger partial charge in [-0.25, -0.2) is 0 Å². The molecule has 0 aromatic heterocycles. The Kier molecular flexibility index (Phi) is 13.3. The maximum atomic E-state index is 2.27. The summed E-state index contributed by atoms with van der Waals surface area (Å²) < 4.78 is 0. The highest BCUT2D eigenvalue weighted by Crippen LogP contribution is 2.33. The molecule has 12 heavy (non-hydrogen) atoms. The average Bonchev–Trinajstić information content (AvgIpc) is 2.10. The minimum atomic E-state index is 1.13. The van der Waals surface area contributed by atoms with Gasteiger partial charge in [0.1, 0.15) is 0 Å². The molecule has 0 aromatic rings. The molecular weight excluding hydrogens is 203 g/mol. The van der Waals surface area contributed by atoms with Gasteiger partial charge in [0.15, 0.2) is 0 Å². The van der Waals surface area contributed by atoms with Crippen molar-refractivity contribution in [3.8, 4) is 0 Å². The second-order valence-corrected chi connectivity index (χ2v) is 7.44. The van der Waals surface area contributed by atoms with Gasteiger partial charge in [-0.15, -0.1) is 11.4 Å². The first-order valence-corrected chi connectivity index (χ1v) is 8.91. The summed E-state index contributed by atoms with van der Waals surface area (Å²) in [5, 5.41) is 0. The molecule has 1 atom stereocenters. The Hall–Kier alpha value is 1.13. The third-order valence-electron chi connectivity index (χ3n) is 1.46. The predicted molar refractivity (Wildman–Crippen MR) is 67.9 cm³/mol. The molecule has 0 aliphatic rings. The fourth-order valence-corrected chi connectivity index (χ4v) is 5.19. The van der Waals surface area contributed by atoms with Gasteiger partial charge < -0.3 is 0 Å². The Bertz CT molecular complexity index is 68.9. The van der Waals surface area contributed by atoms with Crippen molar-refractivity contribution in [3.05, 3.63) is 0 Å². The Balaban J connectivity index is 2.73. The number of hydrogen-bond donors (Lipinski definition) is 0. The molecule has 0 aromatic carbocycles. The van der Waals surface area contributed by atoms with Gasteiger partial charge in [0.05, 0.1) is 0 Å². The van der Waals surface area contributed by atoms with Crippen molar-refractivity contribution in [2.24, 2.45) is 0 Å². The third kappa shape index (κ3) is 11.1. The fraction of sp³-hybridized carbons (Fsp3) is 1.00. The molecule has 0 N–H and O–H groups in total. The second kappa shape index (κ2) is 12.1. The van der Waals surface area contributed by atoms with E-state index in [4.69, 9.17) is 0 Å². The largest absolute Gasteiger partial charge is 0.157 e. The maximum Gasteiger partial charge on any atom is 0.0201 e. The first-order chi connectivity index (χ1) is 5.91. The third-order valence-corrected chi connectivity index (χ3v) is 6.43. The molecule has 1 unspecified atom stereocenters. The summed E-state index contributed by atoms with van der Waals surface area (Å²) in [6.07, 6.45) is 5.52. The monoisotopic (exact) mass is 224 g/mol. The summed E-state index contributed by atoms with van der Waals surface area (Å²) in [6.45, 7) is 4.52. The van der Waals surface area contributed by atoms with Crippen molar-refractivity contribution in [1.29, 1.82) is 0 Å². The van der Waals surface area contributed by atoms with Crippen molar-refractivity contribution < 1.29 is 0 Å². The van der Waals surface area contributed by atoms with Gasteiger partial charge in [-0.3, -0.25) is 0 Å². The van der Waals surface area contributed by atoms with Crippen LogP contribution in [0.2, 0.25) is 0 Å². The topological polar surface area (TPSA) is 0 Å². The first kappa shape index (κ1) is 13.1. The zero-order valence-corrected chi connectivity index (χ0v) is 10.9. The quantitative estimate of drug-likeness (QED) is 0.414. The molecule has 74 valence electrons. The summed E-state index contributed by atoms with van der Waals surface area (Å²) in [4.78, 5) is 0. The number of unbranched alkanes of at least 4 members (excludes halogenated alkanes) is 2. The van der Waals surface area contributed by atoms with Gasteiger partial charge in [0.25, 0.3) is 0 Å². The lowest BCUT2D eigenvalue weighted by molar-refractivity contribution is 0.779. The zero-order valence-electron chi connectivity index (χ0n) is 8.27. The molecule has 0 aliphatic heterocycles. The molecule has 0 fully saturated rings. The highest BCUT2D eigenvalue weighted by atomic mass is 32.7. The highest BCUT2D eigenvalue weighted by molar-refractivity contribution is 8.51. The van der Waals surface area contributed by atoms with Crippen LogP contribution in [0, 0.1) is 0 Å². The number of hydrogen-bond acceptors (Lipinski definition) is 2. The Morgan fingerprint density at radius 1 is 1.00 bits per heavy atom. The molecule has 0 saturated heterocycles. The van der Waals surface area contributed by atoms with E-state index in [-0.39, 0.29) is 0 Å². The van der Waals surface area contributed by atoms with Gasteiger partial charge in [0, 0.05) is 5.49 Å². The average molecular weight is 224 g/mol. The summed E-state index contributed by atoms with van der Waals surface area (Å²) in [5.74, 6) is 2.74. The van der Waals surface area contributed by atoms with Crippen molar-refractivity contribution in [1.82, 2.24) is 0 Å². The van der Waals surface area contributed by atoms with Crippen molar-refractivity contribution >= 4 is 30.9 Å². The van der Waals surface area contributed by atoms with Crippen molar-refractivity contribution in [2.45, 2.75) is 39.5 Å². The first-order valence-electron chi connectivity index (χ1n) is 4.84. The van der Waals surface area contributed by atoms with E-state index >= 15 is 0 Å². The van der Waals surface area contributed by atoms with Crippen molar-refractivity contribution in [2.75, 3.05) is 17.0 Å². The molecule has 0 nitrogen and oxygen atoms in total. The minimum Gasteiger partial charge on any atom is -0.157 e. The highest BCUT2D eigenvalue weighted by Gasteiger charge is 1.89.